The van der Waals surface area contributed by atoms with Crippen LogP contribution >= 0.6 is 31.9 Å². The van der Waals surface area contributed by atoms with Gasteiger partial charge in [-0.15, -0.1) is 0 Å². The van der Waals surface area contributed by atoms with Gasteiger partial charge < -0.3 is 10.2 Å². The van der Waals surface area contributed by atoms with Gasteiger partial charge in [-0.05, 0) is 44.7 Å². The fraction of sp³-hybridized carbons (Fsp3) is 0.706. The number of aliphatic hydroxyl groups is 1. The van der Waals surface area contributed by atoms with Crippen molar-refractivity contribution in [3.05, 3.63) is 8.96 Å². The Bertz CT molecular complexity index is 388. The molecule has 0 aromatic rings. The van der Waals surface area contributed by atoms with Crippen molar-refractivity contribution in [2.45, 2.75) is 67.2 Å². The first kappa shape index (κ1) is 32.0. The predicted molar refractivity (Wildman–Crippen MR) is 110 cm³/mol. The van der Waals surface area contributed by atoms with Gasteiger partial charge in [0.2, 0.25) is 0 Å². The highest BCUT2D eigenvalue weighted by atomic mass is 79.9. The molecule has 1 heterocycles. The summed E-state index contributed by atoms with van der Waals surface area (Å²) in [6.45, 7) is 8.57. The molecule has 1 aliphatic rings. The van der Waals surface area contributed by atoms with Crippen LogP contribution in [0.5, 0.6) is 0 Å². The Kier molecular flexibility index (Phi) is 27.3. The number of imide groups is 1. The van der Waals surface area contributed by atoms with E-state index in [9.17, 15) is 14.4 Å². The molecule has 0 unspecified atom stereocenters. The van der Waals surface area contributed by atoms with Crippen molar-refractivity contribution in [1.82, 2.24) is 4.90 Å². The average molecular weight is 491 g/mol. The Morgan fingerprint density at radius 1 is 0.960 bits per heavy atom. The lowest BCUT2D eigenvalue weighted by Gasteiger charge is -2.13. The molecule has 150 valence electrons. The lowest BCUT2D eigenvalue weighted by molar-refractivity contribution is -0.138. The summed E-state index contributed by atoms with van der Waals surface area (Å²) in [6, 6.07) is 0. The first-order valence-corrected chi connectivity index (χ1v) is 9.53. The van der Waals surface area contributed by atoms with Crippen LogP contribution in [-0.2, 0) is 14.4 Å². The van der Waals surface area contributed by atoms with E-state index in [1.54, 1.807) is 0 Å². The molecule has 0 radical (unpaired) electrons. The Balaban J connectivity index is -0.000000242. The van der Waals surface area contributed by atoms with Crippen molar-refractivity contribution < 1.29 is 24.6 Å². The van der Waals surface area contributed by atoms with Gasteiger partial charge in [-0.3, -0.25) is 19.3 Å². The van der Waals surface area contributed by atoms with Gasteiger partial charge in [-0.25, -0.2) is 0 Å². The van der Waals surface area contributed by atoms with Crippen LogP contribution in [0.3, 0.4) is 0 Å². The van der Waals surface area contributed by atoms with Gasteiger partial charge in [0.15, 0.2) is 0 Å². The second-order valence-electron chi connectivity index (χ2n) is 4.30. The van der Waals surface area contributed by atoms with Crippen molar-refractivity contribution in [1.29, 1.82) is 0 Å². The highest BCUT2D eigenvalue weighted by molar-refractivity contribution is 9.14. The van der Waals surface area contributed by atoms with Crippen molar-refractivity contribution in [3.63, 3.8) is 0 Å². The van der Waals surface area contributed by atoms with Crippen LogP contribution in [0, 0.1) is 0 Å². The van der Waals surface area contributed by atoms with Gasteiger partial charge in [0, 0.05) is 20.1 Å². The fourth-order valence-corrected chi connectivity index (χ4v) is 2.21. The number of amides is 2. The second-order valence-corrected chi connectivity index (χ2v) is 5.89. The third-order valence-electron chi connectivity index (χ3n) is 2.33. The summed E-state index contributed by atoms with van der Waals surface area (Å²) >= 11 is 6.07. The largest absolute Gasteiger partial charge is 0.481 e. The van der Waals surface area contributed by atoms with Gasteiger partial charge >= 0.3 is 5.97 Å². The molecule has 8 heteroatoms. The van der Waals surface area contributed by atoms with Crippen LogP contribution in [0.25, 0.3) is 0 Å². The van der Waals surface area contributed by atoms with E-state index in [-0.39, 0.29) is 34.6 Å². The van der Waals surface area contributed by atoms with Crippen molar-refractivity contribution in [2.24, 2.45) is 0 Å². The van der Waals surface area contributed by atoms with E-state index in [4.69, 9.17) is 10.2 Å². The number of unbranched alkanes of at least 4 members (excludes halogenated alkanes) is 2. The lowest BCUT2D eigenvalue weighted by atomic mass is 10.2. The number of carbonyl (C=O) groups is 3. The number of hydrogen-bond acceptors (Lipinski definition) is 4. The summed E-state index contributed by atoms with van der Waals surface area (Å²) in [7, 11) is 1.00. The molecule has 0 aromatic heterocycles. The zero-order valence-electron chi connectivity index (χ0n) is 15.1. The Hall–Kier alpha value is -0.730. The normalized spacial score (nSPS) is 12.1. The monoisotopic (exact) mass is 489 g/mol. The maximum atomic E-state index is 11.6. The summed E-state index contributed by atoms with van der Waals surface area (Å²) in [5.74, 6) is -1.52. The molecule has 6 nitrogen and oxygen atoms in total. The number of hydrogen-bond donors (Lipinski definition) is 2. The quantitative estimate of drug-likeness (QED) is 0.416. The molecule has 1 aliphatic heterocycles. The van der Waals surface area contributed by atoms with E-state index in [1.807, 2.05) is 13.8 Å². The predicted octanol–water partition coefficient (Wildman–Crippen LogP) is 4.69. The number of carboxylic acids is 1. The average Bonchev–Trinajstić information content (AvgIpc) is 2.76. The van der Waals surface area contributed by atoms with Gasteiger partial charge in [-0.2, -0.15) is 0 Å². The topological polar surface area (TPSA) is 94.9 Å². The van der Waals surface area contributed by atoms with E-state index in [2.05, 4.69) is 45.7 Å². The first-order valence-electron chi connectivity index (χ1n) is 7.94. The molecule has 0 spiro atoms. The summed E-state index contributed by atoms with van der Waals surface area (Å²) in [5, 5.41) is 15.4. The Morgan fingerprint density at radius 2 is 1.32 bits per heavy atom. The van der Waals surface area contributed by atoms with E-state index >= 15 is 0 Å². The second kappa shape index (κ2) is 21.3. The summed E-state index contributed by atoms with van der Waals surface area (Å²) < 4.78 is 0.487. The van der Waals surface area contributed by atoms with Gasteiger partial charge in [0.05, 0.1) is 0 Å². The SMILES string of the molecule is C.CC.CCC.CO.O=C(O)CCCCCN1C(=O)C(Br)=C(Br)C1=O. The minimum absolute atomic E-state index is 0. The van der Waals surface area contributed by atoms with E-state index in [0.29, 0.717) is 25.8 Å². The smallest absolute Gasteiger partial charge is 0.303 e. The van der Waals surface area contributed by atoms with E-state index in [1.165, 1.54) is 6.42 Å². The van der Waals surface area contributed by atoms with Crippen molar-refractivity contribution in [3.8, 4) is 0 Å². The lowest BCUT2D eigenvalue weighted by Crippen LogP contribution is -2.32. The Labute approximate surface area is 168 Å². The van der Waals surface area contributed by atoms with Crippen LogP contribution in [-0.4, -0.2) is 46.6 Å². The molecule has 0 bridgehead atoms. The van der Waals surface area contributed by atoms with Crippen LogP contribution in [0.2, 0.25) is 0 Å². The van der Waals surface area contributed by atoms with Crippen LogP contribution in [0.4, 0.5) is 0 Å². The molecule has 0 atom stereocenters. The summed E-state index contributed by atoms with van der Waals surface area (Å²) in [6.07, 6.45) is 3.22. The number of rotatable bonds is 6. The number of aliphatic hydroxyl groups excluding tert-OH is 1. The first-order chi connectivity index (χ1) is 11.4. The number of carbonyl (C=O) groups excluding carboxylic acids is 2. The van der Waals surface area contributed by atoms with Crippen LogP contribution < -0.4 is 0 Å². The Morgan fingerprint density at radius 3 is 1.64 bits per heavy atom. The number of halogens is 2. The molecule has 0 fully saturated rings. The standard InChI is InChI=1S/C10H11Br2NO4.C3H8.C2H6.CH4O.CH4/c11-7-8(12)10(17)13(9(7)16)5-3-1-2-4-6(14)15;1-3-2;2*1-2;/h1-5H2,(H,14,15);3H2,1-2H3;1-2H3;2H,1H3;1H4. The number of aliphatic carboxylic acids is 1. The summed E-state index contributed by atoms with van der Waals surface area (Å²) in [5.41, 5.74) is 0. The molecule has 25 heavy (non-hydrogen) atoms. The van der Waals surface area contributed by atoms with E-state index < -0.39 is 5.97 Å². The van der Waals surface area contributed by atoms with E-state index in [0.717, 1.165) is 12.0 Å². The van der Waals surface area contributed by atoms with Crippen LogP contribution in [0.1, 0.15) is 67.2 Å². The third-order valence-corrected chi connectivity index (χ3v) is 4.33. The maximum absolute atomic E-state index is 11.6. The fourth-order valence-electron chi connectivity index (χ4n) is 1.44. The van der Waals surface area contributed by atoms with Crippen molar-refractivity contribution in [2.75, 3.05) is 13.7 Å². The van der Waals surface area contributed by atoms with Gasteiger partial charge in [-0.1, -0.05) is 48.0 Å². The molecule has 1 rings (SSSR count). The minimum atomic E-state index is -0.828. The molecule has 0 aliphatic carbocycles. The highest BCUT2D eigenvalue weighted by Gasteiger charge is 2.35. The number of carboxylic acid groups (broad SMARTS) is 1. The maximum Gasteiger partial charge on any atom is 0.303 e. The van der Waals surface area contributed by atoms with Crippen molar-refractivity contribution >= 4 is 49.6 Å². The summed E-state index contributed by atoms with van der Waals surface area (Å²) in [4.78, 5) is 34.6. The van der Waals surface area contributed by atoms with Crippen LogP contribution in [0.15, 0.2) is 8.96 Å². The molecule has 0 saturated carbocycles. The zero-order valence-corrected chi connectivity index (χ0v) is 18.2. The molecule has 0 saturated heterocycles. The molecule has 2 amide bonds. The molecule has 0 aromatic carbocycles. The number of nitrogens with zero attached hydrogens (tertiary/aromatic N) is 1. The third kappa shape index (κ3) is 14.2. The molecular weight excluding hydrogens is 458 g/mol. The highest BCUT2D eigenvalue weighted by Crippen LogP contribution is 2.29. The van der Waals surface area contributed by atoms with Gasteiger partial charge in [0.1, 0.15) is 8.96 Å². The molecular formula is C17H33Br2NO5. The minimum Gasteiger partial charge on any atom is -0.481 e. The molecule has 2 N–H and O–H groups in total. The van der Waals surface area contributed by atoms with Gasteiger partial charge in [0.25, 0.3) is 11.8 Å². The zero-order chi connectivity index (χ0) is 19.7.